The molecule has 22 heavy (non-hydrogen) atoms. The number of anilines is 2. The van der Waals surface area contributed by atoms with Crippen molar-refractivity contribution in [3.63, 3.8) is 0 Å². The minimum Gasteiger partial charge on any atom is -0.277 e. The molecule has 0 aliphatic carbocycles. The van der Waals surface area contributed by atoms with E-state index >= 15 is 0 Å². The van der Waals surface area contributed by atoms with E-state index < -0.39 is 0 Å². The van der Waals surface area contributed by atoms with Crippen LogP contribution >= 0.6 is 0 Å². The highest BCUT2D eigenvalue weighted by Gasteiger charge is 2.20. The number of benzene rings is 3. The molecule has 1 amide bonds. The first kappa shape index (κ1) is 14.1. The Hall–Kier alpha value is -2.87. The fourth-order valence-electron chi connectivity index (χ4n) is 2.47. The summed E-state index contributed by atoms with van der Waals surface area (Å²) >= 11 is 0. The maximum atomic E-state index is 13.1. The lowest BCUT2D eigenvalue weighted by atomic mass is 10.1. The quantitative estimate of drug-likeness (QED) is 0.665. The van der Waals surface area contributed by atoms with Crippen LogP contribution in [0.15, 0.2) is 84.9 Å². The van der Waals surface area contributed by atoms with Gasteiger partial charge < -0.3 is 0 Å². The van der Waals surface area contributed by atoms with Crippen molar-refractivity contribution in [2.75, 3.05) is 4.90 Å². The number of aryl methyl sites for hydroxylation is 1. The number of rotatable bonds is 3. The number of hydrogen-bond donors (Lipinski definition) is 0. The molecule has 2 nitrogen and oxygen atoms in total. The SMILES string of the molecule is Cc1ccccc1C(=O)N(c1ccccc1)c1ccccc1. The van der Waals surface area contributed by atoms with Crippen LogP contribution in [0.2, 0.25) is 0 Å². The maximum Gasteiger partial charge on any atom is 0.263 e. The van der Waals surface area contributed by atoms with E-state index in [0.29, 0.717) is 0 Å². The molecule has 0 bridgehead atoms. The van der Waals surface area contributed by atoms with E-state index in [4.69, 9.17) is 0 Å². The third kappa shape index (κ3) is 2.77. The third-order valence-electron chi connectivity index (χ3n) is 3.61. The molecular formula is C20H17NO. The summed E-state index contributed by atoms with van der Waals surface area (Å²) in [5.41, 5.74) is 3.42. The largest absolute Gasteiger partial charge is 0.277 e. The predicted molar refractivity (Wildman–Crippen MR) is 90.5 cm³/mol. The molecule has 0 heterocycles. The number of para-hydroxylation sites is 2. The number of carbonyl (C=O) groups is 1. The molecule has 0 saturated carbocycles. The van der Waals surface area contributed by atoms with E-state index in [1.165, 1.54) is 0 Å². The summed E-state index contributed by atoms with van der Waals surface area (Å²) in [4.78, 5) is 14.8. The van der Waals surface area contributed by atoms with Crippen LogP contribution in [0.5, 0.6) is 0 Å². The monoisotopic (exact) mass is 287 g/mol. The lowest BCUT2D eigenvalue weighted by Crippen LogP contribution is -2.26. The van der Waals surface area contributed by atoms with Gasteiger partial charge in [-0.1, -0.05) is 54.6 Å². The van der Waals surface area contributed by atoms with Gasteiger partial charge in [-0.2, -0.15) is 0 Å². The lowest BCUT2D eigenvalue weighted by Gasteiger charge is -2.23. The van der Waals surface area contributed by atoms with E-state index in [1.807, 2.05) is 91.9 Å². The zero-order chi connectivity index (χ0) is 15.4. The Bertz CT molecular complexity index is 726. The van der Waals surface area contributed by atoms with Crippen LogP contribution in [0.4, 0.5) is 11.4 Å². The first-order chi connectivity index (χ1) is 10.8. The van der Waals surface area contributed by atoms with Crippen LogP contribution in [-0.4, -0.2) is 5.91 Å². The Kier molecular flexibility index (Phi) is 4.01. The van der Waals surface area contributed by atoms with Gasteiger partial charge in [-0.05, 0) is 42.8 Å². The molecule has 2 heteroatoms. The van der Waals surface area contributed by atoms with Gasteiger partial charge in [0.1, 0.15) is 0 Å². The van der Waals surface area contributed by atoms with Crippen LogP contribution in [0.25, 0.3) is 0 Å². The summed E-state index contributed by atoms with van der Waals surface area (Å²) in [7, 11) is 0. The zero-order valence-electron chi connectivity index (χ0n) is 12.4. The summed E-state index contributed by atoms with van der Waals surface area (Å²) in [6, 6.07) is 27.1. The molecular weight excluding hydrogens is 270 g/mol. The number of amides is 1. The Morgan fingerprint density at radius 2 is 1.14 bits per heavy atom. The summed E-state index contributed by atoms with van der Waals surface area (Å²) in [6.45, 7) is 1.96. The van der Waals surface area contributed by atoms with Crippen molar-refractivity contribution in [3.05, 3.63) is 96.1 Å². The highest BCUT2D eigenvalue weighted by molar-refractivity contribution is 6.11. The second-order valence-corrected chi connectivity index (χ2v) is 5.13. The fraction of sp³-hybridized carbons (Fsp3) is 0.0500. The van der Waals surface area contributed by atoms with Gasteiger partial charge in [-0.3, -0.25) is 9.69 Å². The van der Waals surface area contributed by atoms with Crippen molar-refractivity contribution in [1.29, 1.82) is 0 Å². The molecule has 0 unspecified atom stereocenters. The normalized spacial score (nSPS) is 10.2. The first-order valence-corrected chi connectivity index (χ1v) is 7.27. The van der Waals surface area contributed by atoms with Gasteiger partial charge in [-0.15, -0.1) is 0 Å². The molecule has 0 aromatic heterocycles. The summed E-state index contributed by atoms with van der Waals surface area (Å²) in [5.74, 6) is -0.0181. The highest BCUT2D eigenvalue weighted by atomic mass is 16.2. The van der Waals surface area contributed by atoms with Gasteiger partial charge in [0.2, 0.25) is 0 Å². The van der Waals surface area contributed by atoms with Gasteiger partial charge in [0, 0.05) is 16.9 Å². The van der Waals surface area contributed by atoms with Crippen LogP contribution in [0.3, 0.4) is 0 Å². The smallest absolute Gasteiger partial charge is 0.263 e. The molecule has 3 aromatic rings. The summed E-state index contributed by atoms with van der Waals surface area (Å²) in [5, 5.41) is 0. The summed E-state index contributed by atoms with van der Waals surface area (Å²) < 4.78 is 0. The van der Waals surface area contributed by atoms with Crippen molar-refractivity contribution in [2.45, 2.75) is 6.92 Å². The topological polar surface area (TPSA) is 20.3 Å². The van der Waals surface area contributed by atoms with Gasteiger partial charge in [0.05, 0.1) is 0 Å². The zero-order valence-corrected chi connectivity index (χ0v) is 12.4. The highest BCUT2D eigenvalue weighted by Crippen LogP contribution is 2.27. The molecule has 0 saturated heterocycles. The third-order valence-corrected chi connectivity index (χ3v) is 3.61. The molecule has 0 radical (unpaired) electrons. The molecule has 0 fully saturated rings. The summed E-state index contributed by atoms with van der Waals surface area (Å²) in [6.07, 6.45) is 0. The average molecular weight is 287 g/mol. The van der Waals surface area contributed by atoms with E-state index in [2.05, 4.69) is 0 Å². The first-order valence-electron chi connectivity index (χ1n) is 7.27. The van der Waals surface area contributed by atoms with Gasteiger partial charge in [0.15, 0.2) is 0 Å². The Balaban J connectivity index is 2.11. The van der Waals surface area contributed by atoms with E-state index in [9.17, 15) is 4.79 Å². The fourth-order valence-corrected chi connectivity index (χ4v) is 2.47. The number of carbonyl (C=O) groups excluding carboxylic acids is 1. The molecule has 3 aromatic carbocycles. The maximum absolute atomic E-state index is 13.1. The van der Waals surface area contributed by atoms with Crippen molar-refractivity contribution in [3.8, 4) is 0 Å². The van der Waals surface area contributed by atoms with Crippen molar-refractivity contribution < 1.29 is 4.79 Å². The van der Waals surface area contributed by atoms with E-state index in [0.717, 1.165) is 22.5 Å². The second kappa shape index (κ2) is 6.27. The van der Waals surface area contributed by atoms with Gasteiger partial charge >= 0.3 is 0 Å². The molecule has 0 atom stereocenters. The van der Waals surface area contributed by atoms with E-state index in [1.54, 1.807) is 4.90 Å². The van der Waals surface area contributed by atoms with Crippen molar-refractivity contribution in [2.24, 2.45) is 0 Å². The Morgan fingerprint density at radius 3 is 1.64 bits per heavy atom. The van der Waals surface area contributed by atoms with Crippen LogP contribution in [-0.2, 0) is 0 Å². The molecule has 0 spiro atoms. The molecule has 108 valence electrons. The number of hydrogen-bond acceptors (Lipinski definition) is 1. The molecule has 0 aliphatic heterocycles. The second-order valence-electron chi connectivity index (χ2n) is 5.13. The standard InChI is InChI=1S/C20H17NO/c1-16-10-8-9-15-19(16)20(22)21(17-11-4-2-5-12-17)18-13-6-3-7-14-18/h2-15H,1H3. The van der Waals surface area contributed by atoms with Gasteiger partial charge in [0.25, 0.3) is 5.91 Å². The predicted octanol–water partition coefficient (Wildman–Crippen LogP) is 4.97. The number of nitrogens with zero attached hydrogens (tertiary/aromatic N) is 1. The lowest BCUT2D eigenvalue weighted by molar-refractivity contribution is 0.0998. The minimum atomic E-state index is -0.0181. The van der Waals surface area contributed by atoms with Crippen LogP contribution in [0.1, 0.15) is 15.9 Å². The van der Waals surface area contributed by atoms with E-state index in [-0.39, 0.29) is 5.91 Å². The van der Waals surface area contributed by atoms with Crippen LogP contribution in [0, 0.1) is 6.92 Å². The van der Waals surface area contributed by atoms with Crippen molar-refractivity contribution in [1.82, 2.24) is 0 Å². The van der Waals surface area contributed by atoms with Crippen molar-refractivity contribution >= 4 is 17.3 Å². The average Bonchev–Trinajstić information content (AvgIpc) is 2.57. The van der Waals surface area contributed by atoms with Gasteiger partial charge in [-0.25, -0.2) is 0 Å². The molecule has 0 aliphatic rings. The van der Waals surface area contributed by atoms with Crippen LogP contribution < -0.4 is 4.90 Å². The molecule has 3 rings (SSSR count). The Morgan fingerprint density at radius 1 is 0.682 bits per heavy atom. The minimum absolute atomic E-state index is 0.0181. The Labute approximate surface area is 130 Å². The molecule has 0 N–H and O–H groups in total.